The van der Waals surface area contributed by atoms with Crippen LogP contribution in [-0.2, 0) is 15.8 Å². The van der Waals surface area contributed by atoms with Crippen LogP contribution in [0.4, 0.5) is 0 Å². The molecule has 0 aromatic heterocycles. The SMILES string of the molecule is CCOCC.CCS(=O)[O-]. The van der Waals surface area contributed by atoms with E-state index in [4.69, 9.17) is 4.74 Å². The second-order valence-electron chi connectivity index (χ2n) is 1.37. The summed E-state index contributed by atoms with van der Waals surface area (Å²) in [6, 6.07) is 0. The first kappa shape index (κ1) is 12.7. The van der Waals surface area contributed by atoms with Gasteiger partial charge in [-0.3, -0.25) is 4.21 Å². The van der Waals surface area contributed by atoms with E-state index in [0.717, 1.165) is 13.2 Å². The fourth-order valence-corrected chi connectivity index (χ4v) is 0.204. The van der Waals surface area contributed by atoms with Gasteiger partial charge in [0.15, 0.2) is 0 Å². The van der Waals surface area contributed by atoms with E-state index in [1.54, 1.807) is 6.92 Å². The zero-order valence-electron chi connectivity index (χ0n) is 6.75. The van der Waals surface area contributed by atoms with Crippen molar-refractivity contribution in [1.82, 2.24) is 0 Å². The molecule has 0 aromatic carbocycles. The van der Waals surface area contributed by atoms with E-state index < -0.39 is 11.1 Å². The Hall–Kier alpha value is 0.0700. The van der Waals surface area contributed by atoms with Crippen molar-refractivity contribution >= 4 is 11.1 Å². The summed E-state index contributed by atoms with van der Waals surface area (Å²) in [4.78, 5) is 0. The first-order valence-electron chi connectivity index (χ1n) is 3.32. The Bertz CT molecular complexity index is 73.4. The highest BCUT2D eigenvalue weighted by atomic mass is 32.2. The van der Waals surface area contributed by atoms with Gasteiger partial charge in [0.2, 0.25) is 0 Å². The lowest BCUT2D eigenvalue weighted by atomic mass is 10.8. The number of rotatable bonds is 3. The summed E-state index contributed by atoms with van der Waals surface area (Å²) in [6.45, 7) is 7.25. The number of hydrogen-bond donors (Lipinski definition) is 0. The fraction of sp³-hybridized carbons (Fsp3) is 1.00. The van der Waals surface area contributed by atoms with Crippen molar-refractivity contribution in [1.29, 1.82) is 0 Å². The second kappa shape index (κ2) is 11.8. The molecule has 0 fully saturated rings. The third kappa shape index (κ3) is 24.4. The van der Waals surface area contributed by atoms with Gasteiger partial charge in [-0.1, -0.05) is 18.0 Å². The summed E-state index contributed by atoms with van der Waals surface area (Å²) in [5.41, 5.74) is 0. The maximum Gasteiger partial charge on any atom is 0.0437 e. The van der Waals surface area contributed by atoms with Crippen molar-refractivity contribution in [2.45, 2.75) is 20.8 Å². The Kier molecular flexibility index (Phi) is 15.0. The lowest BCUT2D eigenvalue weighted by Gasteiger charge is -1.93. The van der Waals surface area contributed by atoms with Gasteiger partial charge in [0.05, 0.1) is 0 Å². The summed E-state index contributed by atoms with van der Waals surface area (Å²) in [7, 11) is 0. The Labute approximate surface area is 65.1 Å². The molecule has 0 aliphatic heterocycles. The molecule has 10 heavy (non-hydrogen) atoms. The van der Waals surface area contributed by atoms with Crippen molar-refractivity contribution in [3.05, 3.63) is 0 Å². The van der Waals surface area contributed by atoms with E-state index in [1.165, 1.54) is 0 Å². The predicted octanol–water partition coefficient (Wildman–Crippen LogP) is 0.928. The molecule has 64 valence electrons. The summed E-state index contributed by atoms with van der Waals surface area (Å²) in [6.07, 6.45) is 0. The zero-order valence-corrected chi connectivity index (χ0v) is 7.57. The molecule has 0 heterocycles. The van der Waals surface area contributed by atoms with Crippen LogP contribution in [0, 0.1) is 0 Å². The molecule has 0 bridgehead atoms. The monoisotopic (exact) mass is 167 g/mol. The van der Waals surface area contributed by atoms with Crippen molar-refractivity contribution in [3.63, 3.8) is 0 Å². The maximum absolute atomic E-state index is 9.37. The molecule has 1 unspecified atom stereocenters. The van der Waals surface area contributed by atoms with Gasteiger partial charge < -0.3 is 9.29 Å². The van der Waals surface area contributed by atoms with Crippen LogP contribution in [0.25, 0.3) is 0 Å². The lowest BCUT2D eigenvalue weighted by molar-refractivity contribution is 0.162. The van der Waals surface area contributed by atoms with E-state index in [1.807, 2.05) is 13.8 Å². The minimum absolute atomic E-state index is 0.222. The molecular formula is C6H15O3S-. The quantitative estimate of drug-likeness (QED) is 0.587. The van der Waals surface area contributed by atoms with Gasteiger partial charge in [0, 0.05) is 19.0 Å². The van der Waals surface area contributed by atoms with Gasteiger partial charge in [-0.05, 0) is 13.8 Å². The zero-order chi connectivity index (χ0) is 8.41. The molecule has 0 saturated carbocycles. The Balaban J connectivity index is 0. The molecule has 0 aliphatic carbocycles. The third-order valence-electron chi connectivity index (χ3n) is 0.644. The van der Waals surface area contributed by atoms with Crippen molar-refractivity contribution in [3.8, 4) is 0 Å². The van der Waals surface area contributed by atoms with E-state index >= 15 is 0 Å². The summed E-state index contributed by atoms with van der Waals surface area (Å²) in [5, 5.41) is 0. The molecule has 0 rings (SSSR count). The van der Waals surface area contributed by atoms with E-state index in [9.17, 15) is 8.76 Å². The highest BCUT2D eigenvalue weighted by Crippen LogP contribution is 1.64. The third-order valence-corrected chi connectivity index (χ3v) is 1.12. The fourth-order valence-electron chi connectivity index (χ4n) is 0.204. The molecule has 3 nitrogen and oxygen atoms in total. The molecule has 4 heteroatoms. The molecule has 0 saturated heterocycles. The molecule has 0 radical (unpaired) electrons. The molecule has 0 spiro atoms. The van der Waals surface area contributed by atoms with Crippen LogP contribution in [0.1, 0.15) is 20.8 Å². The minimum atomic E-state index is -1.82. The lowest BCUT2D eigenvalue weighted by Crippen LogP contribution is -1.85. The van der Waals surface area contributed by atoms with Gasteiger partial charge in [0.25, 0.3) is 0 Å². The van der Waals surface area contributed by atoms with Crippen LogP contribution >= 0.6 is 0 Å². The largest absolute Gasteiger partial charge is 0.772 e. The van der Waals surface area contributed by atoms with Crippen molar-refractivity contribution in [2.24, 2.45) is 0 Å². The van der Waals surface area contributed by atoms with E-state index in [0.29, 0.717) is 0 Å². The topological polar surface area (TPSA) is 49.4 Å². The molecule has 1 atom stereocenters. The van der Waals surface area contributed by atoms with Crippen LogP contribution in [0.2, 0.25) is 0 Å². The van der Waals surface area contributed by atoms with E-state index in [-0.39, 0.29) is 5.75 Å². The summed E-state index contributed by atoms with van der Waals surface area (Å²) in [5.74, 6) is 0.222. The first-order valence-corrected chi connectivity index (χ1v) is 4.56. The summed E-state index contributed by atoms with van der Waals surface area (Å²) < 4.78 is 23.6. The average Bonchev–Trinajstić information content (AvgIpc) is 1.91. The molecule has 0 N–H and O–H groups in total. The molecule has 0 aliphatic rings. The molecular weight excluding hydrogens is 152 g/mol. The Morgan fingerprint density at radius 3 is 1.60 bits per heavy atom. The van der Waals surface area contributed by atoms with Crippen LogP contribution in [0.3, 0.4) is 0 Å². The standard InChI is InChI=1S/C4H10O.C2H6O2S/c1-3-5-4-2;1-2-5(3)4/h3-4H2,1-2H3;2H2,1H3,(H,3,4)/p-1. The predicted molar refractivity (Wildman–Crippen MR) is 41.6 cm³/mol. The number of hydrogen-bond acceptors (Lipinski definition) is 3. The molecule has 0 aromatic rings. The van der Waals surface area contributed by atoms with Crippen LogP contribution in [0.5, 0.6) is 0 Å². The highest BCUT2D eigenvalue weighted by Gasteiger charge is 1.64. The van der Waals surface area contributed by atoms with Gasteiger partial charge in [-0.15, -0.1) is 0 Å². The summed E-state index contributed by atoms with van der Waals surface area (Å²) >= 11 is -1.82. The Morgan fingerprint density at radius 1 is 1.30 bits per heavy atom. The van der Waals surface area contributed by atoms with E-state index in [2.05, 4.69) is 0 Å². The Morgan fingerprint density at radius 2 is 1.60 bits per heavy atom. The van der Waals surface area contributed by atoms with Gasteiger partial charge in [-0.25, -0.2) is 0 Å². The first-order chi connectivity index (χ1) is 4.68. The van der Waals surface area contributed by atoms with Crippen LogP contribution < -0.4 is 0 Å². The van der Waals surface area contributed by atoms with Gasteiger partial charge in [0.1, 0.15) is 0 Å². The molecule has 0 amide bonds. The van der Waals surface area contributed by atoms with Gasteiger partial charge >= 0.3 is 0 Å². The number of ether oxygens (including phenoxy) is 1. The van der Waals surface area contributed by atoms with Crippen LogP contribution in [0.15, 0.2) is 0 Å². The maximum atomic E-state index is 9.37. The van der Waals surface area contributed by atoms with Crippen molar-refractivity contribution < 1.29 is 13.5 Å². The van der Waals surface area contributed by atoms with Gasteiger partial charge in [-0.2, -0.15) is 0 Å². The highest BCUT2D eigenvalue weighted by molar-refractivity contribution is 7.79. The minimum Gasteiger partial charge on any atom is -0.772 e. The normalized spacial score (nSPS) is 11.6. The average molecular weight is 167 g/mol. The van der Waals surface area contributed by atoms with Crippen molar-refractivity contribution in [2.75, 3.05) is 19.0 Å². The smallest absolute Gasteiger partial charge is 0.0437 e. The van der Waals surface area contributed by atoms with Crippen LogP contribution in [-0.4, -0.2) is 27.7 Å². The second-order valence-corrected chi connectivity index (χ2v) is 2.56.